The van der Waals surface area contributed by atoms with Gasteiger partial charge in [0.2, 0.25) is 12.4 Å². The lowest BCUT2D eigenvalue weighted by molar-refractivity contribution is -0.118. The van der Waals surface area contributed by atoms with Crippen LogP contribution in [0.15, 0.2) is 30.6 Å². The minimum Gasteiger partial charge on any atom is -0.497 e. The molecule has 10 nitrogen and oxygen atoms in total. The average molecular weight is 383 g/mol. The van der Waals surface area contributed by atoms with Gasteiger partial charge in [-0.15, -0.1) is 5.10 Å². The predicted molar refractivity (Wildman–Crippen MR) is 103 cm³/mol. The molecule has 3 aromatic rings. The number of benzene rings is 1. The molecule has 1 aliphatic heterocycles. The predicted octanol–water partition coefficient (Wildman–Crippen LogP) is 1.16. The molecule has 0 spiro atoms. The summed E-state index contributed by atoms with van der Waals surface area (Å²) >= 11 is 0. The molecular weight excluding hydrogens is 362 g/mol. The maximum absolute atomic E-state index is 10.9. The summed E-state index contributed by atoms with van der Waals surface area (Å²) in [5.74, 6) is 2.52. The lowest BCUT2D eigenvalue weighted by Crippen LogP contribution is -2.46. The molecule has 0 aliphatic carbocycles. The summed E-state index contributed by atoms with van der Waals surface area (Å²) in [5.41, 5.74) is 1.40. The molecule has 0 atom stereocenters. The van der Waals surface area contributed by atoms with Crippen LogP contribution >= 0.6 is 0 Å². The Morgan fingerprint density at radius 2 is 1.79 bits per heavy atom. The Balaban J connectivity index is 1.61. The summed E-state index contributed by atoms with van der Waals surface area (Å²) in [7, 11) is 3.20. The van der Waals surface area contributed by atoms with Crippen molar-refractivity contribution < 1.29 is 14.3 Å². The van der Waals surface area contributed by atoms with Crippen LogP contribution in [0.5, 0.6) is 11.5 Å². The van der Waals surface area contributed by atoms with Crippen molar-refractivity contribution in [3.8, 4) is 11.5 Å². The van der Waals surface area contributed by atoms with Gasteiger partial charge in [-0.25, -0.2) is 9.50 Å². The Labute approximate surface area is 161 Å². The molecule has 2 aromatic heterocycles. The minimum atomic E-state index is 0.441. The van der Waals surface area contributed by atoms with Crippen molar-refractivity contribution in [2.24, 2.45) is 0 Å². The SMILES string of the molecule is COc1cc(Nc2nc3c(N4CCN(C=O)CC4)nccn3n2)cc(OC)c1. The number of methoxy groups -OCH3 is 2. The molecule has 1 fully saturated rings. The smallest absolute Gasteiger partial charge is 0.247 e. The molecule has 1 aliphatic rings. The molecule has 1 saturated heterocycles. The second kappa shape index (κ2) is 7.59. The van der Waals surface area contributed by atoms with Crippen molar-refractivity contribution in [2.75, 3.05) is 50.6 Å². The lowest BCUT2D eigenvalue weighted by atomic mass is 10.3. The molecule has 0 radical (unpaired) electrons. The Bertz CT molecular complexity index is 960. The highest BCUT2D eigenvalue weighted by Crippen LogP contribution is 2.28. The zero-order valence-electron chi connectivity index (χ0n) is 15.7. The van der Waals surface area contributed by atoms with Gasteiger partial charge in [0.25, 0.3) is 0 Å². The standard InChI is InChI=1S/C18H21N7O3/c1-27-14-9-13(10-15(11-14)28-2)20-18-21-17-16(19-3-4-25(17)22-18)24-7-5-23(12-26)6-8-24/h3-4,9-12H,5-8H2,1-2H3,(H,20,22). The highest BCUT2D eigenvalue weighted by Gasteiger charge is 2.20. The summed E-state index contributed by atoms with van der Waals surface area (Å²) in [4.78, 5) is 23.9. The van der Waals surface area contributed by atoms with E-state index in [0.29, 0.717) is 49.3 Å². The van der Waals surface area contributed by atoms with Gasteiger partial charge in [-0.2, -0.15) is 4.98 Å². The number of anilines is 3. The van der Waals surface area contributed by atoms with Crippen LogP contribution in [0.2, 0.25) is 0 Å². The summed E-state index contributed by atoms with van der Waals surface area (Å²) in [6, 6.07) is 5.47. The quantitative estimate of drug-likeness (QED) is 0.634. The fraction of sp³-hybridized carbons (Fsp3) is 0.333. The number of amides is 1. The number of carbonyl (C=O) groups is 1. The molecule has 146 valence electrons. The largest absolute Gasteiger partial charge is 0.497 e. The second-order valence-corrected chi connectivity index (χ2v) is 6.31. The number of aromatic nitrogens is 4. The van der Waals surface area contributed by atoms with Gasteiger partial charge in [0, 0.05) is 62.5 Å². The number of fused-ring (bicyclic) bond motifs is 1. The van der Waals surface area contributed by atoms with E-state index in [1.807, 2.05) is 12.1 Å². The first-order valence-electron chi connectivity index (χ1n) is 8.86. The molecule has 0 bridgehead atoms. The number of hydrogen-bond donors (Lipinski definition) is 1. The fourth-order valence-electron chi connectivity index (χ4n) is 3.13. The molecule has 4 rings (SSSR count). The molecule has 1 amide bonds. The first-order valence-corrected chi connectivity index (χ1v) is 8.86. The number of ether oxygens (including phenoxy) is 2. The Morgan fingerprint density at radius 1 is 1.07 bits per heavy atom. The van der Waals surface area contributed by atoms with Gasteiger partial charge in [-0.3, -0.25) is 4.79 Å². The van der Waals surface area contributed by atoms with E-state index in [9.17, 15) is 4.79 Å². The molecule has 10 heteroatoms. The monoisotopic (exact) mass is 383 g/mol. The van der Waals surface area contributed by atoms with Gasteiger partial charge in [0.05, 0.1) is 14.2 Å². The van der Waals surface area contributed by atoms with Crippen LogP contribution in [0.25, 0.3) is 5.65 Å². The van der Waals surface area contributed by atoms with Crippen molar-refractivity contribution in [1.82, 2.24) is 24.5 Å². The highest BCUT2D eigenvalue weighted by molar-refractivity contribution is 5.68. The summed E-state index contributed by atoms with van der Waals surface area (Å²) in [5, 5.41) is 7.67. The fourth-order valence-corrected chi connectivity index (χ4v) is 3.13. The van der Waals surface area contributed by atoms with E-state index in [2.05, 4.69) is 25.3 Å². The van der Waals surface area contributed by atoms with E-state index in [-0.39, 0.29) is 0 Å². The van der Waals surface area contributed by atoms with Crippen molar-refractivity contribution in [1.29, 1.82) is 0 Å². The van der Waals surface area contributed by atoms with Crippen molar-refractivity contribution in [3.63, 3.8) is 0 Å². The zero-order chi connectivity index (χ0) is 19.5. The van der Waals surface area contributed by atoms with Crippen LogP contribution in [0, 0.1) is 0 Å². The maximum Gasteiger partial charge on any atom is 0.247 e. The van der Waals surface area contributed by atoms with E-state index >= 15 is 0 Å². The molecule has 0 unspecified atom stereocenters. The van der Waals surface area contributed by atoms with E-state index in [1.165, 1.54) is 0 Å². The van der Waals surface area contributed by atoms with Gasteiger partial charge >= 0.3 is 0 Å². The molecule has 3 heterocycles. The summed E-state index contributed by atoms with van der Waals surface area (Å²) in [6.07, 6.45) is 4.33. The van der Waals surface area contributed by atoms with Crippen molar-refractivity contribution in [2.45, 2.75) is 0 Å². The van der Waals surface area contributed by atoms with E-state index in [0.717, 1.165) is 17.9 Å². The third-order valence-electron chi connectivity index (χ3n) is 4.61. The summed E-state index contributed by atoms with van der Waals surface area (Å²) < 4.78 is 12.3. The molecular formula is C18H21N7O3. The van der Waals surface area contributed by atoms with E-state index < -0.39 is 0 Å². The van der Waals surface area contributed by atoms with E-state index in [1.54, 1.807) is 42.1 Å². The number of rotatable bonds is 6. The number of hydrogen-bond acceptors (Lipinski definition) is 8. The Kier molecular flexibility index (Phi) is 4.83. The average Bonchev–Trinajstić information content (AvgIpc) is 3.15. The normalized spacial score (nSPS) is 14.2. The van der Waals surface area contributed by atoms with Crippen LogP contribution < -0.4 is 19.7 Å². The third-order valence-corrected chi connectivity index (χ3v) is 4.61. The number of nitrogens with zero attached hydrogens (tertiary/aromatic N) is 6. The number of piperazine rings is 1. The topological polar surface area (TPSA) is 97.1 Å². The zero-order valence-corrected chi connectivity index (χ0v) is 15.7. The maximum atomic E-state index is 10.9. The van der Waals surface area contributed by atoms with Crippen LogP contribution in [0.3, 0.4) is 0 Å². The highest BCUT2D eigenvalue weighted by atomic mass is 16.5. The molecule has 1 aromatic carbocycles. The van der Waals surface area contributed by atoms with Crippen LogP contribution in [-0.4, -0.2) is 71.3 Å². The van der Waals surface area contributed by atoms with Gasteiger partial charge in [0.1, 0.15) is 11.5 Å². The van der Waals surface area contributed by atoms with Crippen LogP contribution in [-0.2, 0) is 4.79 Å². The number of carbonyl (C=O) groups excluding carboxylic acids is 1. The first-order chi connectivity index (χ1) is 13.7. The Hall–Kier alpha value is -3.56. The van der Waals surface area contributed by atoms with E-state index in [4.69, 9.17) is 9.47 Å². The van der Waals surface area contributed by atoms with Crippen LogP contribution in [0.4, 0.5) is 17.5 Å². The van der Waals surface area contributed by atoms with Gasteiger partial charge in [-0.05, 0) is 0 Å². The van der Waals surface area contributed by atoms with Gasteiger partial charge in [-0.1, -0.05) is 0 Å². The Morgan fingerprint density at radius 3 is 2.43 bits per heavy atom. The van der Waals surface area contributed by atoms with Crippen LogP contribution in [0.1, 0.15) is 0 Å². The second-order valence-electron chi connectivity index (χ2n) is 6.31. The molecule has 1 N–H and O–H groups in total. The van der Waals surface area contributed by atoms with Crippen molar-refractivity contribution >= 4 is 29.5 Å². The number of nitrogens with one attached hydrogen (secondary N) is 1. The minimum absolute atomic E-state index is 0.441. The first kappa shape index (κ1) is 17.8. The lowest BCUT2D eigenvalue weighted by Gasteiger charge is -2.33. The molecule has 0 saturated carbocycles. The summed E-state index contributed by atoms with van der Waals surface area (Å²) in [6.45, 7) is 2.73. The third kappa shape index (κ3) is 3.48. The van der Waals surface area contributed by atoms with Gasteiger partial charge < -0.3 is 24.6 Å². The molecule has 28 heavy (non-hydrogen) atoms. The van der Waals surface area contributed by atoms with Gasteiger partial charge in [0.15, 0.2) is 11.5 Å². The van der Waals surface area contributed by atoms with Crippen molar-refractivity contribution in [3.05, 3.63) is 30.6 Å².